The van der Waals surface area contributed by atoms with Crippen molar-refractivity contribution in [2.45, 2.75) is 24.3 Å². The van der Waals surface area contributed by atoms with Gasteiger partial charge in [0.05, 0.1) is 0 Å². The van der Waals surface area contributed by atoms with E-state index in [1.807, 2.05) is 6.07 Å². The molecule has 1 saturated heterocycles. The second-order valence-corrected chi connectivity index (χ2v) is 6.46. The van der Waals surface area contributed by atoms with Gasteiger partial charge in [-0.25, -0.2) is 4.79 Å². The van der Waals surface area contributed by atoms with Gasteiger partial charge in [-0.3, -0.25) is 4.90 Å². The Morgan fingerprint density at radius 2 is 2.26 bits per heavy atom. The molecule has 3 aliphatic rings. The van der Waals surface area contributed by atoms with Gasteiger partial charge < -0.3 is 25.3 Å². The number of nitrogens with two attached hydrogens (primary N) is 1. The number of hydrogen-bond donors (Lipinski definition) is 3. The van der Waals surface area contributed by atoms with Gasteiger partial charge in [-0.05, 0) is 24.0 Å². The quantitative estimate of drug-likeness (QED) is 0.663. The first-order valence-corrected chi connectivity index (χ1v) is 7.92. The van der Waals surface area contributed by atoms with Crippen LogP contribution in [0.25, 0.3) is 0 Å². The Kier molecular flexibility index (Phi) is 3.48. The minimum atomic E-state index is -1.10. The Hall–Kier alpha value is -1.77. The molecule has 1 aliphatic carbocycles. The Labute approximate surface area is 134 Å². The van der Waals surface area contributed by atoms with Crippen molar-refractivity contribution in [1.29, 1.82) is 0 Å². The van der Waals surface area contributed by atoms with Crippen LogP contribution in [0.3, 0.4) is 0 Å². The van der Waals surface area contributed by atoms with E-state index in [4.69, 9.17) is 15.1 Å². The van der Waals surface area contributed by atoms with Gasteiger partial charge in [-0.15, -0.1) is 0 Å². The topological polar surface area (TPSA) is 105 Å². The number of carboxylic acid groups (broad SMARTS) is 1. The molecule has 1 aromatic carbocycles. The summed E-state index contributed by atoms with van der Waals surface area (Å²) in [7, 11) is -0.926. The molecule has 1 aromatic rings. The lowest BCUT2D eigenvalue weighted by atomic mass is 9.77. The van der Waals surface area contributed by atoms with E-state index in [9.17, 15) is 14.9 Å². The lowest BCUT2D eigenvalue weighted by Gasteiger charge is -2.39. The number of fused-ring (bicyclic) bond motifs is 3. The van der Waals surface area contributed by atoms with Gasteiger partial charge in [-0.1, -0.05) is 6.07 Å². The number of carboxylic acids is 1. The summed E-state index contributed by atoms with van der Waals surface area (Å²) in [6.07, 6.45) is 0.796. The first-order valence-electron chi connectivity index (χ1n) is 7.92. The zero-order valence-corrected chi connectivity index (χ0v) is 12.6. The van der Waals surface area contributed by atoms with Crippen molar-refractivity contribution in [2.24, 2.45) is 5.73 Å². The summed E-state index contributed by atoms with van der Waals surface area (Å²) >= 11 is 0. The average molecular weight is 318 g/mol. The lowest BCUT2D eigenvalue weighted by molar-refractivity contribution is 0.0210. The zero-order valence-electron chi connectivity index (χ0n) is 12.6. The molecular formula is C15H19BN2O5. The molecule has 0 spiro atoms. The average Bonchev–Trinajstić information content (AvgIpc) is 3.25. The molecule has 8 heteroatoms. The first-order chi connectivity index (χ1) is 11.1. The minimum Gasteiger partial charge on any atom is -0.535 e. The maximum absolute atomic E-state index is 11.7. The summed E-state index contributed by atoms with van der Waals surface area (Å²) in [6, 6.07) is 3.58. The number of rotatable bonds is 5. The summed E-state index contributed by atoms with van der Waals surface area (Å²) in [5.41, 5.74) is 6.39. The summed E-state index contributed by atoms with van der Waals surface area (Å²) in [4.78, 5) is 13.9. The summed E-state index contributed by atoms with van der Waals surface area (Å²) in [5, 5.41) is 19.5. The van der Waals surface area contributed by atoms with Crippen LogP contribution in [0.2, 0.25) is 5.82 Å². The van der Waals surface area contributed by atoms with Gasteiger partial charge in [0.15, 0.2) is 0 Å². The van der Waals surface area contributed by atoms with E-state index in [1.54, 1.807) is 6.07 Å². The van der Waals surface area contributed by atoms with Crippen molar-refractivity contribution in [3.63, 3.8) is 0 Å². The fourth-order valence-corrected chi connectivity index (χ4v) is 3.54. The minimum absolute atomic E-state index is 0.0178. The standard InChI is InChI=1S/C15H19BN2O5/c17-3-4-18-6-8(7-18)22-12-2-1-9-10-5-11(10)16(21)23-14(9)13(12)15(19)20/h1-2,8,10-11,21H,3-7,17H2,(H,19,20)/t10-,11-/m0/s1. The largest absolute Gasteiger partial charge is 0.535 e. The van der Waals surface area contributed by atoms with Crippen LogP contribution in [0.5, 0.6) is 11.5 Å². The highest BCUT2D eigenvalue weighted by molar-refractivity contribution is 6.48. The van der Waals surface area contributed by atoms with E-state index in [1.165, 1.54) is 0 Å². The molecule has 2 fully saturated rings. The number of hydrogen-bond acceptors (Lipinski definition) is 6. The molecule has 2 atom stereocenters. The number of likely N-dealkylation sites (tertiary alicyclic amines) is 1. The summed E-state index contributed by atoms with van der Waals surface area (Å²) in [5.74, 6) is -0.238. The van der Waals surface area contributed by atoms with Gasteiger partial charge >= 0.3 is 13.1 Å². The van der Waals surface area contributed by atoms with Crippen molar-refractivity contribution < 1.29 is 24.3 Å². The Morgan fingerprint density at radius 3 is 2.96 bits per heavy atom. The molecule has 0 amide bonds. The molecule has 0 unspecified atom stereocenters. The van der Waals surface area contributed by atoms with Crippen LogP contribution >= 0.6 is 0 Å². The third kappa shape index (κ3) is 2.47. The molecule has 2 aliphatic heterocycles. The van der Waals surface area contributed by atoms with E-state index in [2.05, 4.69) is 4.90 Å². The molecule has 2 heterocycles. The van der Waals surface area contributed by atoms with Crippen LogP contribution in [0, 0.1) is 0 Å². The van der Waals surface area contributed by atoms with Crippen molar-refractivity contribution >= 4 is 13.1 Å². The van der Waals surface area contributed by atoms with Crippen LogP contribution in [-0.2, 0) is 0 Å². The monoisotopic (exact) mass is 318 g/mol. The maximum Gasteiger partial charge on any atom is 0.526 e. The van der Waals surface area contributed by atoms with Crippen LogP contribution in [0.1, 0.15) is 28.3 Å². The molecule has 0 aromatic heterocycles. The highest BCUT2D eigenvalue weighted by Gasteiger charge is 2.54. The van der Waals surface area contributed by atoms with Crippen molar-refractivity contribution in [3.05, 3.63) is 23.3 Å². The second-order valence-electron chi connectivity index (χ2n) is 6.46. The number of aromatic carboxylic acids is 1. The van der Waals surface area contributed by atoms with E-state index in [-0.39, 0.29) is 29.2 Å². The molecule has 23 heavy (non-hydrogen) atoms. The molecule has 4 rings (SSSR count). The molecule has 122 valence electrons. The van der Waals surface area contributed by atoms with Crippen LogP contribution in [0.4, 0.5) is 0 Å². The maximum atomic E-state index is 11.7. The second kappa shape index (κ2) is 5.40. The summed E-state index contributed by atoms with van der Waals surface area (Å²) in [6.45, 7) is 2.89. The molecule has 4 N–H and O–H groups in total. The highest BCUT2D eigenvalue weighted by atomic mass is 16.5. The zero-order chi connectivity index (χ0) is 16.1. The van der Waals surface area contributed by atoms with Crippen molar-refractivity contribution in [2.75, 3.05) is 26.2 Å². The van der Waals surface area contributed by atoms with Crippen LogP contribution in [-0.4, -0.2) is 60.4 Å². The van der Waals surface area contributed by atoms with Gasteiger partial charge in [0, 0.05) is 32.0 Å². The van der Waals surface area contributed by atoms with Gasteiger partial charge in [0.2, 0.25) is 0 Å². The predicted molar refractivity (Wildman–Crippen MR) is 83.0 cm³/mol. The lowest BCUT2D eigenvalue weighted by Crippen LogP contribution is -2.55. The van der Waals surface area contributed by atoms with Crippen LogP contribution in [0.15, 0.2) is 12.1 Å². The normalized spacial score (nSPS) is 25.9. The molecule has 1 saturated carbocycles. The van der Waals surface area contributed by atoms with Gasteiger partial charge in [-0.2, -0.15) is 0 Å². The first kappa shape index (κ1) is 14.8. The number of benzene rings is 1. The van der Waals surface area contributed by atoms with Crippen molar-refractivity contribution in [1.82, 2.24) is 4.90 Å². The highest BCUT2D eigenvalue weighted by Crippen LogP contribution is 2.60. The SMILES string of the molecule is NCCN1CC(Oc2ccc3c(c2C(=O)O)OB(O)[C@H]2C[C@@H]32)C1. The number of nitrogens with zero attached hydrogens (tertiary/aromatic N) is 1. The predicted octanol–water partition coefficient (Wildman–Crippen LogP) is 0.137. The Balaban J connectivity index is 1.58. The van der Waals surface area contributed by atoms with E-state index < -0.39 is 13.1 Å². The molecule has 0 bridgehead atoms. The van der Waals surface area contributed by atoms with E-state index >= 15 is 0 Å². The fourth-order valence-electron chi connectivity index (χ4n) is 3.54. The third-order valence-electron chi connectivity index (χ3n) is 4.87. The molecule has 7 nitrogen and oxygen atoms in total. The smallest absolute Gasteiger partial charge is 0.526 e. The van der Waals surface area contributed by atoms with Crippen molar-refractivity contribution in [3.8, 4) is 11.5 Å². The molecule has 0 radical (unpaired) electrons. The fraction of sp³-hybridized carbons (Fsp3) is 0.533. The Bertz CT molecular complexity index is 649. The summed E-state index contributed by atoms with van der Waals surface area (Å²) < 4.78 is 11.3. The van der Waals surface area contributed by atoms with E-state index in [0.29, 0.717) is 12.3 Å². The van der Waals surface area contributed by atoms with Gasteiger partial charge in [0.25, 0.3) is 0 Å². The number of ether oxygens (including phenoxy) is 1. The Morgan fingerprint density at radius 1 is 1.48 bits per heavy atom. The third-order valence-corrected chi connectivity index (χ3v) is 4.87. The van der Waals surface area contributed by atoms with E-state index in [0.717, 1.165) is 31.6 Å². The van der Waals surface area contributed by atoms with Gasteiger partial charge in [0.1, 0.15) is 23.2 Å². The van der Waals surface area contributed by atoms with Crippen LogP contribution < -0.4 is 15.1 Å². The number of carbonyl (C=O) groups is 1. The molecular weight excluding hydrogens is 299 g/mol.